The Kier molecular flexibility index (Phi) is 4.71. The molecule has 1 aliphatic heterocycles. The predicted molar refractivity (Wildman–Crippen MR) is 87.2 cm³/mol. The minimum atomic E-state index is -0.330. The number of rotatable bonds is 5. The van der Waals surface area contributed by atoms with Gasteiger partial charge >= 0.3 is 0 Å². The van der Waals surface area contributed by atoms with E-state index in [2.05, 4.69) is 17.1 Å². The number of carbonyl (C=O) groups is 1. The van der Waals surface area contributed by atoms with Crippen molar-refractivity contribution in [2.24, 2.45) is 0 Å². The summed E-state index contributed by atoms with van der Waals surface area (Å²) in [5.41, 5.74) is 0.747. The fraction of sp³-hybridized carbons (Fsp3) is 0.588. The molecular formula is C17H23ClN2O2. The molecule has 2 fully saturated rings. The van der Waals surface area contributed by atoms with Crippen molar-refractivity contribution >= 4 is 17.5 Å². The smallest absolute Gasteiger partial charge is 0.230 e. The molecule has 1 atom stereocenters. The molecule has 0 aromatic heterocycles. The molecule has 120 valence electrons. The lowest BCUT2D eigenvalue weighted by atomic mass is 9.94. The van der Waals surface area contributed by atoms with Crippen LogP contribution >= 0.6 is 11.6 Å². The second kappa shape index (κ2) is 6.57. The molecule has 1 aromatic carbocycles. The molecule has 1 aliphatic carbocycles. The first-order valence-corrected chi connectivity index (χ1v) is 8.35. The van der Waals surface area contributed by atoms with Gasteiger partial charge in [-0.2, -0.15) is 0 Å². The lowest BCUT2D eigenvalue weighted by Crippen LogP contribution is -2.48. The normalized spacial score (nSPS) is 22.1. The molecule has 0 radical (unpaired) electrons. The maximum atomic E-state index is 12.7. The van der Waals surface area contributed by atoms with Crippen LogP contribution in [0.1, 0.15) is 25.3 Å². The summed E-state index contributed by atoms with van der Waals surface area (Å²) in [5, 5.41) is 3.90. The van der Waals surface area contributed by atoms with Crippen molar-refractivity contribution in [3.8, 4) is 0 Å². The standard InChI is InChI=1S/C17H23ClN2O2/c1-13(12-20-8-10-22-11-9-20)19-16(21)17(6-7-17)14-2-4-15(18)5-3-14/h2-5,13H,6-12H2,1H3,(H,19,21). The number of nitrogens with zero attached hydrogens (tertiary/aromatic N) is 1. The predicted octanol–water partition coefficient (Wildman–Crippen LogP) is 2.21. The highest BCUT2D eigenvalue weighted by Gasteiger charge is 2.51. The van der Waals surface area contributed by atoms with E-state index in [0.29, 0.717) is 5.02 Å². The van der Waals surface area contributed by atoms with Gasteiger partial charge in [0.15, 0.2) is 0 Å². The Morgan fingerprint density at radius 1 is 1.32 bits per heavy atom. The molecule has 1 N–H and O–H groups in total. The SMILES string of the molecule is CC(CN1CCOCC1)NC(=O)C1(c2ccc(Cl)cc2)CC1. The molecular weight excluding hydrogens is 300 g/mol. The number of hydrogen-bond donors (Lipinski definition) is 1. The van der Waals surface area contributed by atoms with E-state index in [9.17, 15) is 4.79 Å². The average Bonchev–Trinajstić information content (AvgIpc) is 3.30. The molecule has 0 bridgehead atoms. The fourth-order valence-electron chi connectivity index (χ4n) is 3.12. The Morgan fingerprint density at radius 2 is 1.95 bits per heavy atom. The second-order valence-corrected chi connectivity index (χ2v) is 6.81. The van der Waals surface area contributed by atoms with E-state index in [-0.39, 0.29) is 17.4 Å². The largest absolute Gasteiger partial charge is 0.379 e. The zero-order chi connectivity index (χ0) is 15.6. The van der Waals surface area contributed by atoms with Gasteiger partial charge in [-0.05, 0) is 37.5 Å². The van der Waals surface area contributed by atoms with Crippen LogP contribution in [0, 0.1) is 0 Å². The number of halogens is 1. The number of benzene rings is 1. The zero-order valence-electron chi connectivity index (χ0n) is 13.0. The molecule has 3 rings (SSSR count). The van der Waals surface area contributed by atoms with E-state index in [1.807, 2.05) is 24.3 Å². The summed E-state index contributed by atoms with van der Waals surface area (Å²) in [6.45, 7) is 6.42. The third-order valence-corrected chi connectivity index (χ3v) is 4.85. The number of amides is 1. The summed E-state index contributed by atoms with van der Waals surface area (Å²) in [5.74, 6) is 0.149. The first kappa shape index (κ1) is 15.8. The van der Waals surface area contributed by atoms with Crippen LogP contribution in [-0.2, 0) is 14.9 Å². The summed E-state index contributed by atoms with van der Waals surface area (Å²) in [6, 6.07) is 7.82. The summed E-state index contributed by atoms with van der Waals surface area (Å²) >= 11 is 5.94. The van der Waals surface area contributed by atoms with Crippen LogP contribution in [0.4, 0.5) is 0 Å². The molecule has 1 unspecified atom stereocenters. The lowest BCUT2D eigenvalue weighted by Gasteiger charge is -2.30. The van der Waals surface area contributed by atoms with Crippen LogP contribution in [0.3, 0.4) is 0 Å². The van der Waals surface area contributed by atoms with E-state index in [0.717, 1.165) is 51.3 Å². The topological polar surface area (TPSA) is 41.6 Å². The number of carbonyl (C=O) groups excluding carboxylic acids is 1. The number of nitrogens with one attached hydrogen (secondary N) is 1. The Morgan fingerprint density at radius 3 is 2.55 bits per heavy atom. The summed E-state index contributed by atoms with van der Waals surface area (Å²) in [6.07, 6.45) is 1.84. The first-order chi connectivity index (χ1) is 10.6. The molecule has 5 heteroatoms. The van der Waals surface area contributed by atoms with E-state index < -0.39 is 0 Å². The minimum absolute atomic E-state index is 0.148. The third kappa shape index (κ3) is 3.45. The van der Waals surface area contributed by atoms with Gasteiger partial charge in [0.05, 0.1) is 18.6 Å². The Bertz CT molecular complexity index is 522. The van der Waals surface area contributed by atoms with Crippen LogP contribution in [0.2, 0.25) is 5.02 Å². The highest BCUT2D eigenvalue weighted by molar-refractivity contribution is 6.30. The second-order valence-electron chi connectivity index (χ2n) is 6.38. The molecule has 1 saturated carbocycles. The van der Waals surface area contributed by atoms with E-state index in [4.69, 9.17) is 16.3 Å². The van der Waals surface area contributed by atoms with Crippen molar-refractivity contribution in [2.45, 2.75) is 31.2 Å². The van der Waals surface area contributed by atoms with E-state index in [1.165, 1.54) is 0 Å². The lowest BCUT2D eigenvalue weighted by molar-refractivity contribution is -0.124. The molecule has 1 aromatic rings. The van der Waals surface area contributed by atoms with E-state index >= 15 is 0 Å². The summed E-state index contributed by atoms with van der Waals surface area (Å²) in [7, 11) is 0. The Labute approximate surface area is 136 Å². The van der Waals surface area contributed by atoms with Crippen molar-refractivity contribution in [3.63, 3.8) is 0 Å². The van der Waals surface area contributed by atoms with E-state index in [1.54, 1.807) is 0 Å². The third-order valence-electron chi connectivity index (χ3n) is 4.59. The highest BCUT2D eigenvalue weighted by atomic mass is 35.5. The van der Waals surface area contributed by atoms with Crippen molar-refractivity contribution in [2.75, 3.05) is 32.8 Å². The molecule has 22 heavy (non-hydrogen) atoms. The van der Waals surface area contributed by atoms with Crippen LogP contribution < -0.4 is 5.32 Å². The minimum Gasteiger partial charge on any atom is -0.379 e. The van der Waals surface area contributed by atoms with Crippen LogP contribution in [0.15, 0.2) is 24.3 Å². The van der Waals surface area contributed by atoms with Crippen molar-refractivity contribution in [1.29, 1.82) is 0 Å². The molecule has 1 amide bonds. The van der Waals surface area contributed by atoms with Gasteiger partial charge in [-0.25, -0.2) is 0 Å². The van der Waals surface area contributed by atoms with Gasteiger partial charge < -0.3 is 10.1 Å². The fourth-order valence-corrected chi connectivity index (χ4v) is 3.25. The van der Waals surface area contributed by atoms with Gasteiger partial charge in [0.1, 0.15) is 0 Å². The monoisotopic (exact) mass is 322 g/mol. The van der Waals surface area contributed by atoms with Gasteiger partial charge in [0, 0.05) is 30.7 Å². The molecule has 1 saturated heterocycles. The Hall–Kier alpha value is -1.10. The van der Waals surface area contributed by atoms with Crippen LogP contribution in [0.25, 0.3) is 0 Å². The van der Waals surface area contributed by atoms with Crippen LogP contribution in [0.5, 0.6) is 0 Å². The van der Waals surface area contributed by atoms with Gasteiger partial charge in [0.2, 0.25) is 5.91 Å². The Balaban J connectivity index is 1.57. The maximum absolute atomic E-state index is 12.7. The first-order valence-electron chi connectivity index (χ1n) is 7.97. The van der Waals surface area contributed by atoms with Gasteiger partial charge in [0.25, 0.3) is 0 Å². The molecule has 4 nitrogen and oxygen atoms in total. The van der Waals surface area contributed by atoms with Crippen molar-refractivity contribution in [3.05, 3.63) is 34.9 Å². The zero-order valence-corrected chi connectivity index (χ0v) is 13.7. The van der Waals surface area contributed by atoms with Crippen molar-refractivity contribution in [1.82, 2.24) is 10.2 Å². The molecule has 0 spiro atoms. The van der Waals surface area contributed by atoms with Crippen molar-refractivity contribution < 1.29 is 9.53 Å². The van der Waals surface area contributed by atoms with Gasteiger partial charge in [-0.3, -0.25) is 9.69 Å². The molecule has 1 heterocycles. The number of hydrogen-bond acceptors (Lipinski definition) is 3. The van der Waals surface area contributed by atoms with Gasteiger partial charge in [-0.15, -0.1) is 0 Å². The number of ether oxygens (including phenoxy) is 1. The van der Waals surface area contributed by atoms with Gasteiger partial charge in [-0.1, -0.05) is 23.7 Å². The highest BCUT2D eigenvalue weighted by Crippen LogP contribution is 2.48. The quantitative estimate of drug-likeness (QED) is 0.903. The summed E-state index contributed by atoms with van der Waals surface area (Å²) in [4.78, 5) is 15.0. The average molecular weight is 323 g/mol. The molecule has 2 aliphatic rings. The summed E-state index contributed by atoms with van der Waals surface area (Å²) < 4.78 is 5.35. The van der Waals surface area contributed by atoms with Crippen LogP contribution in [-0.4, -0.2) is 49.7 Å². The number of morpholine rings is 1. The maximum Gasteiger partial charge on any atom is 0.230 e.